The fourth-order valence-corrected chi connectivity index (χ4v) is 13.3. The quantitative estimate of drug-likeness (QED) is 0.0253. The van der Waals surface area contributed by atoms with E-state index in [1.807, 2.05) is 179 Å². The standard InChI is InChI=1S/C29H28N6O.C28H27N5O.C22H22N6O.C2H4O2.CH4N2.CH4O.CH4/c30-28-26-27(22-13-15-25(16-14-22)36-24-11-5-2-6-12-24)33-35(29(26)32-20-31-28)23-10-7-17-34(19-23)18-21-8-3-1-4-9-21;1-30-27-26(22-14-16-25(17-15-22)34-24-12-6-3-7-13-24)31-33(28(27)29)23-11-8-18-32(20-23)19-21-9-4-2-5-10-21;23-21-19-20(15-8-10-18(11-9-15)29-17-6-2-1-3-7-17)27-28(22(19)26-14-25-21)16-5-4-12-24-13-16;1-2(3)4;2-1-3;1-2;/h1-6,8-9,11-16,20,23H,7,10,17-19H2,(H2,30,31,32);2-7,9-10,12-17,23H,8,11,18-20,29H2;1-3,6-11,14,16,24H,4-5,12-13H2,(H2,23,25,26);1H3,(H,3,4);1H,(H3,2,3);2H,1H3;1H4. The van der Waals surface area contributed by atoms with Gasteiger partial charge in [-0.2, -0.15) is 15.3 Å². The van der Waals surface area contributed by atoms with Gasteiger partial charge in [-0.05, 0) is 172 Å². The molecule has 0 bridgehead atoms. The minimum absolute atomic E-state index is 0. The molecule has 3 atom stereocenters. The third-order valence-electron chi connectivity index (χ3n) is 18.2. The molecular formula is C84H93N19O6. The first-order valence-corrected chi connectivity index (χ1v) is 35.7. The van der Waals surface area contributed by atoms with E-state index in [1.165, 1.54) is 23.8 Å². The number of anilines is 3. The molecule has 16 rings (SSSR count). The summed E-state index contributed by atoms with van der Waals surface area (Å²) in [4.78, 5) is 35.3. The highest BCUT2D eigenvalue weighted by molar-refractivity contribution is 5.99. The van der Waals surface area contributed by atoms with E-state index in [0.29, 0.717) is 28.8 Å². The van der Waals surface area contributed by atoms with Gasteiger partial charge >= 0.3 is 0 Å². The highest BCUT2D eigenvalue weighted by atomic mass is 16.5. The highest BCUT2D eigenvalue weighted by Gasteiger charge is 2.30. The van der Waals surface area contributed by atoms with Crippen LogP contribution in [0, 0.1) is 12.0 Å². The van der Waals surface area contributed by atoms with Gasteiger partial charge < -0.3 is 52.7 Å². The number of piperidine rings is 3. The molecule has 0 aliphatic carbocycles. The Morgan fingerprint density at radius 2 is 0.844 bits per heavy atom. The summed E-state index contributed by atoms with van der Waals surface area (Å²) in [6.07, 6.45) is 10.2. The van der Waals surface area contributed by atoms with Gasteiger partial charge in [0.15, 0.2) is 11.3 Å². The number of nitrogen functional groups attached to an aromatic ring is 3. The van der Waals surface area contributed by atoms with Gasteiger partial charge in [-0.3, -0.25) is 24.7 Å². The van der Waals surface area contributed by atoms with Crippen LogP contribution in [-0.4, -0.2) is 128 Å². The molecule has 25 nitrogen and oxygen atoms in total. The Kier molecular flexibility index (Phi) is 28.5. The maximum atomic E-state index is 9.00. The summed E-state index contributed by atoms with van der Waals surface area (Å²) in [5.41, 5.74) is 33.0. The van der Waals surface area contributed by atoms with Crippen LogP contribution in [0.3, 0.4) is 0 Å². The number of hydrogen-bond donors (Lipinski definition) is 8. The van der Waals surface area contributed by atoms with Crippen molar-refractivity contribution in [2.45, 2.75) is 84.1 Å². The zero-order valence-corrected chi connectivity index (χ0v) is 60.4. The number of carboxylic acid groups (broad SMARTS) is 1. The zero-order chi connectivity index (χ0) is 75.6. The molecule has 13 aromatic rings. The summed E-state index contributed by atoms with van der Waals surface area (Å²) in [7, 11) is 1.00. The Morgan fingerprint density at radius 3 is 1.21 bits per heavy atom. The average Bonchev–Trinajstić information content (AvgIpc) is 1.63. The number of carboxylic acids is 1. The predicted molar refractivity (Wildman–Crippen MR) is 431 cm³/mol. The third-order valence-corrected chi connectivity index (χ3v) is 18.2. The van der Waals surface area contributed by atoms with Crippen molar-refractivity contribution in [2.24, 2.45) is 5.73 Å². The van der Waals surface area contributed by atoms with E-state index < -0.39 is 5.97 Å². The molecule has 3 aliphatic heterocycles. The minimum Gasteiger partial charge on any atom is -0.481 e. The van der Waals surface area contributed by atoms with Crippen molar-refractivity contribution in [3.05, 3.63) is 260 Å². The molecule has 3 unspecified atom stereocenters. The zero-order valence-electron chi connectivity index (χ0n) is 60.4. The predicted octanol–water partition coefficient (Wildman–Crippen LogP) is 15.7. The van der Waals surface area contributed by atoms with E-state index in [4.69, 9.17) is 73.7 Å². The molecule has 5 aromatic heterocycles. The van der Waals surface area contributed by atoms with Gasteiger partial charge in [0.2, 0.25) is 0 Å². The van der Waals surface area contributed by atoms with Gasteiger partial charge in [0.1, 0.15) is 81.7 Å². The summed E-state index contributed by atoms with van der Waals surface area (Å²) < 4.78 is 23.7. The number of ether oxygens (including phenoxy) is 3. The van der Waals surface area contributed by atoms with Crippen LogP contribution in [0.4, 0.5) is 23.1 Å². The van der Waals surface area contributed by atoms with Crippen molar-refractivity contribution in [1.29, 1.82) is 5.41 Å². The fraction of sp³-hybridized carbons (Fsp3) is 0.238. The lowest BCUT2D eigenvalue weighted by atomic mass is 10.0. The average molecular weight is 1460 g/mol. The third kappa shape index (κ3) is 20.8. The van der Waals surface area contributed by atoms with Crippen molar-refractivity contribution in [3.8, 4) is 68.3 Å². The van der Waals surface area contributed by atoms with Gasteiger partial charge in [-0.25, -0.2) is 34.1 Å². The van der Waals surface area contributed by atoms with Gasteiger partial charge in [-0.15, -0.1) is 0 Å². The van der Waals surface area contributed by atoms with Gasteiger partial charge in [0, 0.05) is 57.9 Å². The monoisotopic (exact) mass is 1460 g/mol. The minimum atomic E-state index is -0.833. The Hall–Kier alpha value is -12.9. The maximum Gasteiger partial charge on any atom is 0.300 e. The van der Waals surface area contributed by atoms with Crippen LogP contribution in [0.15, 0.2) is 237 Å². The molecule has 8 aromatic carbocycles. The van der Waals surface area contributed by atoms with Crippen molar-refractivity contribution >= 4 is 57.5 Å². The van der Waals surface area contributed by atoms with Crippen LogP contribution in [0.1, 0.15) is 82.1 Å². The topological polar surface area (TPSA) is 341 Å². The van der Waals surface area contributed by atoms with Crippen LogP contribution < -0.4 is 42.5 Å². The molecule has 12 N–H and O–H groups in total. The second-order valence-corrected chi connectivity index (χ2v) is 25.7. The first-order chi connectivity index (χ1) is 52.9. The number of benzene rings is 8. The number of likely N-dealkylation sites (tertiary alicyclic amines) is 2. The number of aliphatic hydroxyl groups excluding tert-OH is 1. The summed E-state index contributed by atoms with van der Waals surface area (Å²) in [6, 6.07) is 74.4. The number of para-hydroxylation sites is 3. The van der Waals surface area contributed by atoms with Crippen LogP contribution in [0.5, 0.6) is 34.5 Å². The normalized spacial score (nSPS) is 15.3. The van der Waals surface area contributed by atoms with Crippen molar-refractivity contribution in [1.82, 2.24) is 64.4 Å². The van der Waals surface area contributed by atoms with Gasteiger partial charge in [-0.1, -0.05) is 135 Å². The van der Waals surface area contributed by atoms with Crippen LogP contribution in [0.25, 0.3) is 60.7 Å². The van der Waals surface area contributed by atoms with E-state index in [2.05, 4.69) is 105 Å². The molecule has 0 amide bonds. The number of nitrogens with two attached hydrogens (primary N) is 4. The fourth-order valence-electron chi connectivity index (χ4n) is 13.3. The molecule has 560 valence electrons. The Morgan fingerprint density at radius 1 is 0.514 bits per heavy atom. The number of carbonyl (C=O) groups is 1. The molecule has 8 heterocycles. The first kappa shape index (κ1) is 78.7. The number of aliphatic carboxylic acids is 1. The lowest BCUT2D eigenvalue weighted by Gasteiger charge is -2.33. The Balaban J connectivity index is 0.000000165. The largest absolute Gasteiger partial charge is 0.481 e. The molecule has 3 aliphatic rings. The smallest absolute Gasteiger partial charge is 0.300 e. The molecule has 3 fully saturated rings. The molecule has 0 spiro atoms. The molecule has 0 saturated carbocycles. The van der Waals surface area contributed by atoms with Crippen LogP contribution >= 0.6 is 0 Å². The van der Waals surface area contributed by atoms with E-state index in [-0.39, 0.29) is 25.6 Å². The number of aromatic nitrogens is 10. The van der Waals surface area contributed by atoms with E-state index >= 15 is 0 Å². The summed E-state index contributed by atoms with van der Waals surface area (Å²) in [6.45, 7) is 16.5. The maximum absolute atomic E-state index is 9.00. The van der Waals surface area contributed by atoms with E-state index in [9.17, 15) is 0 Å². The lowest BCUT2D eigenvalue weighted by Crippen LogP contribution is -2.36. The van der Waals surface area contributed by atoms with Gasteiger partial charge in [0.25, 0.3) is 11.7 Å². The summed E-state index contributed by atoms with van der Waals surface area (Å²) >= 11 is 0. The van der Waals surface area contributed by atoms with Crippen molar-refractivity contribution in [3.63, 3.8) is 0 Å². The number of fused-ring (bicyclic) bond motifs is 2. The van der Waals surface area contributed by atoms with Gasteiger partial charge in [0.05, 0.1) is 41.8 Å². The number of aliphatic hydroxyl groups is 1. The molecule has 0 radical (unpaired) electrons. The Bertz CT molecular complexity index is 5000. The number of hydrogen-bond acceptors (Lipinski definition) is 19. The molecule has 109 heavy (non-hydrogen) atoms. The number of nitrogens with zero attached hydrogens (tertiary/aromatic N) is 13. The highest BCUT2D eigenvalue weighted by Crippen LogP contribution is 2.41. The second kappa shape index (κ2) is 39.5. The number of nitrogens with one attached hydrogen (secondary N) is 2. The SMILES string of the molecule is C.CC(=O)O.CO.N=CN.Nc1ncnc2c1c(-c1ccc(Oc3ccccc3)cc1)nn2C1CCCN(Cc2ccccc2)C1.Nc1ncnc2c1c(-c1ccc(Oc3ccccc3)cc1)nn2C1CCCNC1.[C-]#[N+]c1c(-c2ccc(Oc3ccccc3)cc2)nn(C2CCCN(Cc3ccccc3)C2)c1N. The summed E-state index contributed by atoms with van der Waals surface area (Å²) in [5.74, 6) is 5.16. The summed E-state index contributed by atoms with van der Waals surface area (Å²) in [5, 5.41) is 40.1. The van der Waals surface area contributed by atoms with Crippen LogP contribution in [0.2, 0.25) is 0 Å². The van der Waals surface area contributed by atoms with Crippen molar-refractivity contribution < 1.29 is 29.2 Å². The lowest BCUT2D eigenvalue weighted by molar-refractivity contribution is -0.134. The number of rotatable bonds is 16. The second-order valence-electron chi connectivity index (χ2n) is 25.7. The van der Waals surface area contributed by atoms with Crippen LogP contribution in [-0.2, 0) is 17.9 Å². The van der Waals surface area contributed by atoms with E-state index in [0.717, 1.165) is 196 Å². The molecule has 3 saturated heterocycles. The molecular weight excluding hydrogens is 1370 g/mol. The first-order valence-electron chi connectivity index (χ1n) is 35.7. The van der Waals surface area contributed by atoms with Crippen molar-refractivity contribution in [2.75, 3.05) is 63.6 Å². The Labute approximate surface area is 634 Å². The molecule has 25 heteroatoms. The van der Waals surface area contributed by atoms with E-state index in [1.54, 1.807) is 0 Å².